The highest BCUT2D eigenvalue weighted by atomic mass is 16.3. The lowest BCUT2D eigenvalue weighted by Crippen LogP contribution is -2.25. The second kappa shape index (κ2) is 4.32. The maximum absolute atomic E-state index is 11.7. The second-order valence-corrected chi connectivity index (χ2v) is 4.83. The molecule has 0 bridgehead atoms. The zero-order valence-corrected chi connectivity index (χ0v) is 10.2. The van der Waals surface area contributed by atoms with E-state index in [1.165, 1.54) is 6.33 Å². The number of nitrogen functional groups attached to an aromatic ring is 1. The van der Waals surface area contributed by atoms with Gasteiger partial charge in [-0.05, 0) is 12.8 Å². The van der Waals surface area contributed by atoms with Gasteiger partial charge in [0.25, 0.3) is 5.56 Å². The number of H-pyrrole nitrogens is 1. The van der Waals surface area contributed by atoms with E-state index in [0.29, 0.717) is 18.5 Å². The molecular formula is C11H15N5O3. The van der Waals surface area contributed by atoms with Crippen LogP contribution < -0.4 is 11.3 Å². The van der Waals surface area contributed by atoms with Crippen molar-refractivity contribution < 1.29 is 10.2 Å². The van der Waals surface area contributed by atoms with Gasteiger partial charge in [0, 0.05) is 12.0 Å². The summed E-state index contributed by atoms with van der Waals surface area (Å²) in [7, 11) is 0. The molecule has 0 radical (unpaired) electrons. The number of aliphatic hydroxyl groups is 2. The highest BCUT2D eigenvalue weighted by Gasteiger charge is 2.36. The number of nitrogens with zero attached hydrogens (tertiary/aromatic N) is 3. The molecule has 0 aromatic carbocycles. The van der Waals surface area contributed by atoms with E-state index >= 15 is 0 Å². The Balaban J connectivity index is 2.13. The minimum Gasteiger partial charge on any atom is -0.396 e. The predicted molar refractivity (Wildman–Crippen MR) is 67.4 cm³/mol. The van der Waals surface area contributed by atoms with Crippen molar-refractivity contribution in [2.45, 2.75) is 25.0 Å². The van der Waals surface area contributed by atoms with Crippen molar-refractivity contribution in [3.05, 3.63) is 16.7 Å². The van der Waals surface area contributed by atoms with Gasteiger partial charge in [0.05, 0.1) is 19.0 Å². The molecule has 1 aliphatic rings. The molecule has 2 heterocycles. The molecule has 2 aromatic rings. The molecule has 8 nitrogen and oxygen atoms in total. The quantitative estimate of drug-likeness (QED) is 0.551. The molecule has 0 spiro atoms. The minimum absolute atomic E-state index is 0.0262. The maximum atomic E-state index is 11.7. The summed E-state index contributed by atoms with van der Waals surface area (Å²) < 4.78 is 1.72. The van der Waals surface area contributed by atoms with Crippen molar-refractivity contribution in [3.8, 4) is 0 Å². The lowest BCUT2D eigenvalue weighted by Gasteiger charge is -2.21. The van der Waals surface area contributed by atoms with Crippen LogP contribution >= 0.6 is 0 Å². The van der Waals surface area contributed by atoms with Crippen LogP contribution in [0.5, 0.6) is 0 Å². The zero-order valence-electron chi connectivity index (χ0n) is 10.2. The van der Waals surface area contributed by atoms with Gasteiger partial charge in [-0.15, -0.1) is 0 Å². The monoisotopic (exact) mass is 265 g/mol. The summed E-state index contributed by atoms with van der Waals surface area (Å²) in [5, 5.41) is 19.2. The summed E-state index contributed by atoms with van der Waals surface area (Å²) in [6.45, 7) is -0.121. The molecule has 0 aliphatic heterocycles. The zero-order chi connectivity index (χ0) is 13.6. The van der Waals surface area contributed by atoms with Gasteiger partial charge in [-0.25, -0.2) is 4.98 Å². The molecule has 19 heavy (non-hydrogen) atoms. The third-order valence-electron chi connectivity index (χ3n) is 3.77. The standard InChI is InChI=1S/C11H15N5O3/c12-11-14-9-8(10(19)15-11)13-4-16(9)6-1-2-7(18)5(6)3-17/h4-7,17-18H,1-3H2,(H3,12,14,15,19)/t5-,6-,7-/m0/s1. The Morgan fingerprint density at radius 3 is 3.05 bits per heavy atom. The van der Waals surface area contributed by atoms with E-state index < -0.39 is 6.10 Å². The topological polar surface area (TPSA) is 130 Å². The highest BCUT2D eigenvalue weighted by Crippen LogP contribution is 2.36. The fourth-order valence-corrected chi connectivity index (χ4v) is 2.80. The Hall–Kier alpha value is -1.93. The van der Waals surface area contributed by atoms with Gasteiger partial charge in [0.2, 0.25) is 5.95 Å². The van der Waals surface area contributed by atoms with Crippen LogP contribution in [0, 0.1) is 5.92 Å². The lowest BCUT2D eigenvalue weighted by atomic mass is 10.0. The first-order valence-electron chi connectivity index (χ1n) is 6.13. The van der Waals surface area contributed by atoms with E-state index in [9.17, 15) is 15.0 Å². The molecule has 1 aliphatic carbocycles. The third-order valence-corrected chi connectivity index (χ3v) is 3.77. The smallest absolute Gasteiger partial charge is 0.280 e. The molecule has 3 atom stereocenters. The van der Waals surface area contributed by atoms with E-state index in [-0.39, 0.29) is 35.6 Å². The van der Waals surface area contributed by atoms with Crippen molar-refractivity contribution in [1.29, 1.82) is 0 Å². The number of imidazole rings is 1. The van der Waals surface area contributed by atoms with Crippen LogP contribution in [0.25, 0.3) is 11.2 Å². The van der Waals surface area contributed by atoms with E-state index in [1.54, 1.807) is 4.57 Å². The van der Waals surface area contributed by atoms with E-state index in [4.69, 9.17) is 5.73 Å². The number of nitrogens with one attached hydrogen (secondary N) is 1. The summed E-state index contributed by atoms with van der Waals surface area (Å²) >= 11 is 0. The number of fused-ring (bicyclic) bond motifs is 1. The molecule has 8 heteroatoms. The third kappa shape index (κ3) is 1.80. The fraction of sp³-hybridized carbons (Fsp3) is 0.545. The minimum atomic E-state index is -0.549. The number of aliphatic hydroxyl groups excluding tert-OH is 2. The maximum Gasteiger partial charge on any atom is 0.280 e. The molecule has 0 amide bonds. The highest BCUT2D eigenvalue weighted by molar-refractivity contribution is 5.70. The van der Waals surface area contributed by atoms with Gasteiger partial charge in [-0.1, -0.05) is 0 Å². The molecule has 0 unspecified atom stereocenters. The van der Waals surface area contributed by atoms with Gasteiger partial charge in [0.15, 0.2) is 11.2 Å². The van der Waals surface area contributed by atoms with Crippen LogP contribution in [0.2, 0.25) is 0 Å². The van der Waals surface area contributed by atoms with Crippen molar-refractivity contribution in [2.24, 2.45) is 5.92 Å². The average molecular weight is 265 g/mol. The van der Waals surface area contributed by atoms with Crippen LogP contribution in [0.3, 0.4) is 0 Å². The number of rotatable bonds is 2. The summed E-state index contributed by atoms with van der Waals surface area (Å²) in [6, 6.07) is -0.126. The number of nitrogens with two attached hydrogens (primary N) is 1. The SMILES string of the molecule is Nc1nc2c(ncn2[C@H]2CC[C@H](O)[C@H]2CO)c(=O)[nH]1. The van der Waals surface area contributed by atoms with Gasteiger partial charge >= 0.3 is 0 Å². The first-order chi connectivity index (χ1) is 9.11. The van der Waals surface area contributed by atoms with Crippen LogP contribution in [0.15, 0.2) is 11.1 Å². The number of aromatic amines is 1. The number of aromatic nitrogens is 4. The summed E-state index contributed by atoms with van der Waals surface area (Å²) in [5.74, 6) is -0.252. The number of hydrogen-bond donors (Lipinski definition) is 4. The first kappa shape index (κ1) is 12.1. The second-order valence-electron chi connectivity index (χ2n) is 4.83. The van der Waals surface area contributed by atoms with Gasteiger partial charge in [-0.2, -0.15) is 4.98 Å². The van der Waals surface area contributed by atoms with Gasteiger partial charge in [0.1, 0.15) is 0 Å². The molecule has 0 saturated heterocycles. The predicted octanol–water partition coefficient (Wildman–Crippen LogP) is -0.994. The van der Waals surface area contributed by atoms with Crippen molar-refractivity contribution in [3.63, 3.8) is 0 Å². The Labute approximate surface area is 107 Å². The normalized spacial score (nSPS) is 27.2. The van der Waals surface area contributed by atoms with Crippen LogP contribution in [0.1, 0.15) is 18.9 Å². The molecule has 2 aromatic heterocycles. The summed E-state index contributed by atoms with van der Waals surface area (Å²) in [5.41, 5.74) is 5.75. The molecule has 1 saturated carbocycles. The molecule has 102 valence electrons. The first-order valence-corrected chi connectivity index (χ1v) is 6.13. The summed E-state index contributed by atoms with van der Waals surface area (Å²) in [4.78, 5) is 22.2. The Morgan fingerprint density at radius 1 is 1.53 bits per heavy atom. The molecule has 3 rings (SSSR count). The fourth-order valence-electron chi connectivity index (χ4n) is 2.80. The average Bonchev–Trinajstić information content (AvgIpc) is 2.92. The van der Waals surface area contributed by atoms with E-state index in [0.717, 1.165) is 0 Å². The largest absolute Gasteiger partial charge is 0.396 e. The van der Waals surface area contributed by atoms with Gasteiger partial charge in [-0.3, -0.25) is 9.78 Å². The van der Waals surface area contributed by atoms with E-state index in [2.05, 4.69) is 15.0 Å². The van der Waals surface area contributed by atoms with Gasteiger partial charge < -0.3 is 20.5 Å². The van der Waals surface area contributed by atoms with Crippen LogP contribution in [-0.4, -0.2) is 42.4 Å². The Morgan fingerprint density at radius 2 is 2.32 bits per heavy atom. The molecule has 1 fully saturated rings. The van der Waals surface area contributed by atoms with Crippen LogP contribution in [-0.2, 0) is 0 Å². The molecular weight excluding hydrogens is 250 g/mol. The van der Waals surface area contributed by atoms with Crippen LogP contribution in [0.4, 0.5) is 5.95 Å². The summed E-state index contributed by atoms with van der Waals surface area (Å²) in [6.07, 6.45) is 2.27. The van der Waals surface area contributed by atoms with Crippen molar-refractivity contribution in [1.82, 2.24) is 19.5 Å². The number of hydrogen-bond acceptors (Lipinski definition) is 6. The van der Waals surface area contributed by atoms with Crippen molar-refractivity contribution in [2.75, 3.05) is 12.3 Å². The molecule has 5 N–H and O–H groups in total. The van der Waals surface area contributed by atoms with E-state index in [1.807, 2.05) is 0 Å². The Kier molecular flexibility index (Phi) is 2.76. The number of anilines is 1. The lowest BCUT2D eigenvalue weighted by molar-refractivity contribution is 0.0747. The van der Waals surface area contributed by atoms with Crippen molar-refractivity contribution >= 4 is 17.1 Å². The Bertz CT molecular complexity index is 664.